The number of aromatic amines is 1. The number of nitrogen functional groups attached to an aromatic ring is 1. The van der Waals surface area contributed by atoms with Crippen LogP contribution in [0.5, 0.6) is 0 Å². The van der Waals surface area contributed by atoms with E-state index in [4.69, 9.17) is 10.5 Å². The lowest BCUT2D eigenvalue weighted by Crippen LogP contribution is -2.35. The average Bonchev–Trinajstić information content (AvgIpc) is 2.81. The van der Waals surface area contributed by atoms with Crippen LogP contribution in [0.15, 0.2) is 18.3 Å². The van der Waals surface area contributed by atoms with Gasteiger partial charge in [0.15, 0.2) is 0 Å². The summed E-state index contributed by atoms with van der Waals surface area (Å²) >= 11 is 0. The molecule has 2 aromatic rings. The Kier molecular flexibility index (Phi) is 3.59. The normalized spacial score (nSPS) is 12.6. The number of nitrogens with one attached hydrogen (secondary N) is 2. The number of methoxy groups -OCH3 is 1. The molecule has 1 heterocycles. The molecule has 2 rings (SSSR count). The molecule has 102 valence electrons. The number of carbonyl (C=O) groups excluding carboxylic acids is 1. The maximum atomic E-state index is 11.7. The summed E-state index contributed by atoms with van der Waals surface area (Å²) in [4.78, 5) is 11.7. The molecular weight excluding hydrogens is 244 g/mol. The molecule has 19 heavy (non-hydrogen) atoms. The predicted octanol–water partition coefficient (Wildman–Crippen LogP) is 1.75. The number of rotatable bonds is 4. The van der Waals surface area contributed by atoms with Crippen molar-refractivity contribution >= 4 is 28.2 Å². The largest absolute Gasteiger partial charge is 0.467 e. The van der Waals surface area contributed by atoms with E-state index in [-0.39, 0.29) is 11.9 Å². The Bertz CT molecular complexity index is 591. The first-order valence-electron chi connectivity index (χ1n) is 6.10. The van der Waals surface area contributed by atoms with Crippen molar-refractivity contribution in [3.05, 3.63) is 18.3 Å². The second-order valence-electron chi connectivity index (χ2n) is 4.79. The van der Waals surface area contributed by atoms with Crippen LogP contribution in [-0.2, 0) is 9.53 Å². The van der Waals surface area contributed by atoms with Crippen molar-refractivity contribution in [1.82, 2.24) is 10.2 Å². The first-order chi connectivity index (χ1) is 9.02. The van der Waals surface area contributed by atoms with Crippen LogP contribution in [0.25, 0.3) is 10.9 Å². The summed E-state index contributed by atoms with van der Waals surface area (Å²) in [7, 11) is 1.38. The predicted molar refractivity (Wildman–Crippen MR) is 74.8 cm³/mol. The van der Waals surface area contributed by atoms with E-state index in [9.17, 15) is 4.79 Å². The molecule has 1 unspecified atom stereocenters. The first kappa shape index (κ1) is 13.2. The fraction of sp³-hybridized carbons (Fsp3) is 0.385. The minimum Gasteiger partial charge on any atom is -0.467 e. The highest BCUT2D eigenvalue weighted by atomic mass is 16.5. The fourth-order valence-electron chi connectivity index (χ4n) is 1.93. The molecule has 1 aromatic carbocycles. The number of nitrogens with zero attached hydrogens (tertiary/aromatic N) is 1. The number of aromatic nitrogens is 2. The Hall–Kier alpha value is -2.24. The van der Waals surface area contributed by atoms with E-state index in [1.807, 2.05) is 26.0 Å². The van der Waals surface area contributed by atoms with E-state index >= 15 is 0 Å². The van der Waals surface area contributed by atoms with Crippen LogP contribution in [0.1, 0.15) is 13.8 Å². The van der Waals surface area contributed by atoms with Gasteiger partial charge in [0, 0.05) is 5.39 Å². The van der Waals surface area contributed by atoms with Gasteiger partial charge in [-0.1, -0.05) is 13.8 Å². The van der Waals surface area contributed by atoms with Crippen molar-refractivity contribution in [3.8, 4) is 0 Å². The quantitative estimate of drug-likeness (QED) is 0.576. The number of ether oxygens (including phenoxy) is 1. The van der Waals surface area contributed by atoms with Gasteiger partial charge < -0.3 is 15.8 Å². The highest BCUT2D eigenvalue weighted by Crippen LogP contribution is 2.26. The number of fused-ring (bicyclic) bond motifs is 1. The minimum absolute atomic E-state index is 0.0873. The van der Waals surface area contributed by atoms with Crippen molar-refractivity contribution in [1.29, 1.82) is 0 Å². The molecule has 1 atom stereocenters. The van der Waals surface area contributed by atoms with Crippen molar-refractivity contribution in [2.75, 3.05) is 18.2 Å². The van der Waals surface area contributed by atoms with Gasteiger partial charge in [0.1, 0.15) is 6.04 Å². The van der Waals surface area contributed by atoms with E-state index in [1.54, 1.807) is 6.20 Å². The van der Waals surface area contributed by atoms with Crippen LogP contribution >= 0.6 is 0 Å². The maximum Gasteiger partial charge on any atom is 0.328 e. The summed E-state index contributed by atoms with van der Waals surface area (Å²) < 4.78 is 4.80. The third-order valence-electron chi connectivity index (χ3n) is 3.04. The first-order valence-corrected chi connectivity index (χ1v) is 6.10. The van der Waals surface area contributed by atoms with E-state index in [1.165, 1.54) is 7.11 Å². The van der Waals surface area contributed by atoms with Gasteiger partial charge in [-0.2, -0.15) is 5.10 Å². The Labute approximate surface area is 111 Å². The van der Waals surface area contributed by atoms with Gasteiger partial charge in [-0.05, 0) is 18.1 Å². The number of nitrogens with two attached hydrogens (primary N) is 1. The second-order valence-corrected chi connectivity index (χ2v) is 4.79. The molecular formula is C13H18N4O2. The van der Waals surface area contributed by atoms with Crippen LogP contribution in [-0.4, -0.2) is 29.3 Å². The third kappa shape index (κ3) is 2.62. The van der Waals surface area contributed by atoms with Crippen LogP contribution in [0, 0.1) is 5.92 Å². The van der Waals surface area contributed by atoms with Crippen molar-refractivity contribution in [2.24, 2.45) is 5.92 Å². The Morgan fingerprint density at radius 2 is 2.21 bits per heavy atom. The molecule has 0 radical (unpaired) electrons. The summed E-state index contributed by atoms with van der Waals surface area (Å²) in [6.07, 6.45) is 1.70. The van der Waals surface area contributed by atoms with Crippen LogP contribution in [0.3, 0.4) is 0 Å². The molecule has 0 amide bonds. The van der Waals surface area contributed by atoms with Crippen molar-refractivity contribution < 1.29 is 9.53 Å². The summed E-state index contributed by atoms with van der Waals surface area (Å²) in [6, 6.07) is 3.22. The molecule has 0 saturated heterocycles. The topological polar surface area (TPSA) is 93.0 Å². The van der Waals surface area contributed by atoms with Gasteiger partial charge in [-0.3, -0.25) is 5.10 Å². The molecule has 0 bridgehead atoms. The van der Waals surface area contributed by atoms with Gasteiger partial charge in [0.25, 0.3) is 0 Å². The second kappa shape index (κ2) is 5.17. The number of carbonyl (C=O) groups is 1. The van der Waals surface area contributed by atoms with Gasteiger partial charge >= 0.3 is 5.97 Å². The highest BCUT2D eigenvalue weighted by Gasteiger charge is 2.23. The van der Waals surface area contributed by atoms with Gasteiger partial charge in [0.05, 0.1) is 30.2 Å². The number of esters is 1. The standard InChI is InChI=1S/C13H18N4O2/c1-7(2)12(13(18)19-3)16-11-5-10-8(4-9(11)14)6-15-17-10/h4-7,12,16H,14H2,1-3H3,(H,15,17). The van der Waals surface area contributed by atoms with Crippen LogP contribution in [0.4, 0.5) is 11.4 Å². The molecule has 1 aromatic heterocycles. The number of benzene rings is 1. The number of hydrogen-bond acceptors (Lipinski definition) is 5. The lowest BCUT2D eigenvalue weighted by Gasteiger charge is -2.21. The molecule has 6 nitrogen and oxygen atoms in total. The van der Waals surface area contributed by atoms with Crippen LogP contribution in [0.2, 0.25) is 0 Å². The summed E-state index contributed by atoms with van der Waals surface area (Å²) in [5, 5.41) is 10.9. The molecule has 0 aliphatic rings. The van der Waals surface area contributed by atoms with E-state index in [0.29, 0.717) is 11.4 Å². The average molecular weight is 262 g/mol. The molecule has 0 aliphatic carbocycles. The number of H-pyrrole nitrogens is 1. The lowest BCUT2D eigenvalue weighted by molar-refractivity contribution is -0.142. The molecule has 0 aliphatic heterocycles. The zero-order chi connectivity index (χ0) is 14.0. The zero-order valence-corrected chi connectivity index (χ0v) is 11.2. The maximum absolute atomic E-state index is 11.7. The summed E-state index contributed by atoms with van der Waals surface area (Å²) in [6.45, 7) is 3.89. The van der Waals surface area contributed by atoms with E-state index < -0.39 is 6.04 Å². The van der Waals surface area contributed by atoms with Gasteiger partial charge in [-0.25, -0.2) is 4.79 Å². The number of anilines is 2. The van der Waals surface area contributed by atoms with E-state index in [0.717, 1.165) is 10.9 Å². The van der Waals surface area contributed by atoms with Crippen molar-refractivity contribution in [3.63, 3.8) is 0 Å². The molecule has 0 saturated carbocycles. The van der Waals surface area contributed by atoms with Gasteiger partial charge in [0.2, 0.25) is 0 Å². The molecule has 6 heteroatoms. The SMILES string of the molecule is COC(=O)C(Nc1cc2[nH]ncc2cc1N)C(C)C. The monoisotopic (exact) mass is 262 g/mol. The molecule has 4 N–H and O–H groups in total. The van der Waals surface area contributed by atoms with Crippen LogP contribution < -0.4 is 11.1 Å². The molecule has 0 spiro atoms. The summed E-state index contributed by atoms with van der Waals surface area (Å²) in [5.41, 5.74) is 8.11. The van der Waals surface area contributed by atoms with Crippen molar-refractivity contribution in [2.45, 2.75) is 19.9 Å². The fourth-order valence-corrected chi connectivity index (χ4v) is 1.93. The third-order valence-corrected chi connectivity index (χ3v) is 3.04. The van der Waals surface area contributed by atoms with Gasteiger partial charge in [-0.15, -0.1) is 0 Å². The minimum atomic E-state index is -0.437. The van der Waals surface area contributed by atoms with E-state index in [2.05, 4.69) is 15.5 Å². The Morgan fingerprint density at radius 3 is 2.84 bits per heavy atom. The number of hydrogen-bond donors (Lipinski definition) is 3. The lowest BCUT2D eigenvalue weighted by atomic mass is 10.0. The molecule has 0 fully saturated rings. The zero-order valence-electron chi connectivity index (χ0n) is 11.2. The highest BCUT2D eigenvalue weighted by molar-refractivity contribution is 5.90. The Balaban J connectivity index is 2.32. The smallest absolute Gasteiger partial charge is 0.328 e. The Morgan fingerprint density at radius 1 is 1.47 bits per heavy atom. The summed E-state index contributed by atoms with van der Waals surface area (Å²) in [5.74, 6) is -0.219.